The van der Waals surface area contributed by atoms with Crippen LogP contribution in [0.25, 0.3) is 0 Å². The molecule has 1 N–H and O–H groups in total. The van der Waals surface area contributed by atoms with Gasteiger partial charge in [-0.2, -0.15) is 0 Å². The lowest BCUT2D eigenvalue weighted by molar-refractivity contribution is 0.0806. The standard InChI is InChI=1S/C13H16O3S/c14-4-1-2-11-6-13(17-10-11)9-16-8-12-3-5-15-7-12/h6,10,12,14H,3-5,7-9H2. The molecule has 0 saturated carbocycles. The summed E-state index contributed by atoms with van der Waals surface area (Å²) in [6.45, 7) is 3.02. The number of aliphatic hydroxyl groups is 1. The van der Waals surface area contributed by atoms with Crippen LogP contribution in [0.5, 0.6) is 0 Å². The van der Waals surface area contributed by atoms with Crippen LogP contribution < -0.4 is 0 Å². The fourth-order valence-corrected chi connectivity index (χ4v) is 2.46. The molecule has 92 valence electrons. The van der Waals surface area contributed by atoms with Crippen molar-refractivity contribution in [3.05, 3.63) is 21.9 Å². The number of thiophene rings is 1. The largest absolute Gasteiger partial charge is 0.384 e. The second-order valence-corrected chi connectivity index (χ2v) is 5.00. The molecule has 2 rings (SSSR count). The van der Waals surface area contributed by atoms with E-state index < -0.39 is 0 Å². The van der Waals surface area contributed by atoms with Crippen LogP contribution in [0, 0.1) is 17.8 Å². The number of rotatable bonds is 4. The molecule has 1 unspecified atom stereocenters. The number of ether oxygens (including phenoxy) is 2. The topological polar surface area (TPSA) is 38.7 Å². The Labute approximate surface area is 105 Å². The minimum Gasteiger partial charge on any atom is -0.384 e. The van der Waals surface area contributed by atoms with Gasteiger partial charge in [0.2, 0.25) is 0 Å². The Kier molecular flexibility index (Phi) is 5.02. The van der Waals surface area contributed by atoms with E-state index >= 15 is 0 Å². The fraction of sp³-hybridized carbons (Fsp3) is 0.538. The highest BCUT2D eigenvalue weighted by molar-refractivity contribution is 7.10. The van der Waals surface area contributed by atoms with Crippen molar-refractivity contribution < 1.29 is 14.6 Å². The summed E-state index contributed by atoms with van der Waals surface area (Å²) in [5.74, 6) is 6.07. The van der Waals surface area contributed by atoms with Crippen LogP contribution in [0.2, 0.25) is 0 Å². The molecular weight excluding hydrogens is 236 g/mol. The lowest BCUT2D eigenvalue weighted by atomic mass is 10.1. The highest BCUT2D eigenvalue weighted by Gasteiger charge is 2.15. The molecule has 4 heteroatoms. The van der Waals surface area contributed by atoms with Gasteiger partial charge in [-0.25, -0.2) is 0 Å². The second-order valence-electron chi connectivity index (χ2n) is 4.01. The summed E-state index contributed by atoms with van der Waals surface area (Å²) < 4.78 is 10.9. The Bertz CT molecular complexity index is 396. The molecule has 3 nitrogen and oxygen atoms in total. The van der Waals surface area contributed by atoms with Gasteiger partial charge in [0, 0.05) is 28.3 Å². The Morgan fingerprint density at radius 3 is 3.29 bits per heavy atom. The smallest absolute Gasteiger partial charge is 0.104 e. The molecule has 1 saturated heterocycles. The maximum absolute atomic E-state index is 8.59. The van der Waals surface area contributed by atoms with Crippen molar-refractivity contribution in [1.29, 1.82) is 0 Å². The van der Waals surface area contributed by atoms with Crippen LogP contribution in [0.15, 0.2) is 11.4 Å². The normalized spacial score (nSPS) is 19.0. The van der Waals surface area contributed by atoms with Gasteiger partial charge in [0.15, 0.2) is 0 Å². The molecule has 0 aromatic carbocycles. The second kappa shape index (κ2) is 6.77. The molecule has 1 atom stereocenters. The summed E-state index contributed by atoms with van der Waals surface area (Å²) >= 11 is 1.64. The zero-order chi connectivity index (χ0) is 11.9. The summed E-state index contributed by atoms with van der Waals surface area (Å²) in [7, 11) is 0. The van der Waals surface area contributed by atoms with E-state index in [1.165, 1.54) is 4.88 Å². The summed E-state index contributed by atoms with van der Waals surface area (Å²) in [5.41, 5.74) is 0.951. The highest BCUT2D eigenvalue weighted by atomic mass is 32.1. The minimum absolute atomic E-state index is 0.0939. The predicted molar refractivity (Wildman–Crippen MR) is 66.9 cm³/mol. The van der Waals surface area contributed by atoms with Crippen LogP contribution in [0.4, 0.5) is 0 Å². The predicted octanol–water partition coefficient (Wildman–Crippen LogP) is 1.65. The summed E-state index contributed by atoms with van der Waals surface area (Å²) in [6.07, 6.45) is 1.11. The van der Waals surface area contributed by atoms with Crippen molar-refractivity contribution >= 4 is 11.3 Å². The molecule has 0 radical (unpaired) electrons. The van der Waals surface area contributed by atoms with Crippen molar-refractivity contribution in [1.82, 2.24) is 0 Å². The van der Waals surface area contributed by atoms with Crippen molar-refractivity contribution in [2.24, 2.45) is 5.92 Å². The Morgan fingerprint density at radius 2 is 2.53 bits per heavy atom. The van der Waals surface area contributed by atoms with Crippen molar-refractivity contribution in [3.8, 4) is 11.8 Å². The zero-order valence-electron chi connectivity index (χ0n) is 9.65. The van der Waals surface area contributed by atoms with E-state index in [0.29, 0.717) is 12.5 Å². The van der Waals surface area contributed by atoms with E-state index in [1.54, 1.807) is 11.3 Å². The Hall–Kier alpha value is -0.860. The molecular formula is C13H16O3S. The third-order valence-corrected chi connectivity index (χ3v) is 3.50. The van der Waals surface area contributed by atoms with Crippen LogP contribution in [-0.2, 0) is 16.1 Å². The first-order chi connectivity index (χ1) is 8.38. The molecule has 0 amide bonds. The molecule has 0 bridgehead atoms. The molecule has 2 heterocycles. The van der Waals surface area contributed by atoms with Crippen molar-refractivity contribution in [3.63, 3.8) is 0 Å². The van der Waals surface area contributed by atoms with Crippen molar-refractivity contribution in [2.75, 3.05) is 26.4 Å². The molecule has 17 heavy (non-hydrogen) atoms. The van der Waals surface area contributed by atoms with E-state index in [-0.39, 0.29) is 6.61 Å². The Morgan fingerprint density at radius 1 is 1.59 bits per heavy atom. The summed E-state index contributed by atoms with van der Waals surface area (Å²) in [6, 6.07) is 2.01. The van der Waals surface area contributed by atoms with Crippen LogP contribution in [-0.4, -0.2) is 31.5 Å². The summed E-state index contributed by atoms with van der Waals surface area (Å²) in [4.78, 5) is 1.17. The van der Waals surface area contributed by atoms with E-state index in [9.17, 15) is 0 Å². The first kappa shape index (κ1) is 12.6. The van der Waals surface area contributed by atoms with Gasteiger partial charge in [0.05, 0.1) is 19.8 Å². The molecule has 1 aliphatic rings. The number of hydrogen-bond acceptors (Lipinski definition) is 4. The van der Waals surface area contributed by atoms with Gasteiger partial charge >= 0.3 is 0 Å². The zero-order valence-corrected chi connectivity index (χ0v) is 10.5. The number of hydrogen-bond donors (Lipinski definition) is 1. The van der Waals surface area contributed by atoms with Gasteiger partial charge in [-0.3, -0.25) is 0 Å². The van der Waals surface area contributed by atoms with Crippen LogP contribution in [0.3, 0.4) is 0 Å². The van der Waals surface area contributed by atoms with Gasteiger partial charge in [-0.15, -0.1) is 11.3 Å². The monoisotopic (exact) mass is 252 g/mol. The average Bonchev–Trinajstić information content (AvgIpc) is 2.98. The van der Waals surface area contributed by atoms with E-state index in [4.69, 9.17) is 14.6 Å². The van der Waals surface area contributed by atoms with E-state index in [0.717, 1.165) is 31.8 Å². The molecule has 1 fully saturated rings. The van der Waals surface area contributed by atoms with Gasteiger partial charge in [-0.05, 0) is 12.5 Å². The van der Waals surface area contributed by atoms with Gasteiger partial charge in [0.1, 0.15) is 6.61 Å². The van der Waals surface area contributed by atoms with Gasteiger partial charge in [0.25, 0.3) is 0 Å². The first-order valence-electron chi connectivity index (χ1n) is 5.71. The van der Waals surface area contributed by atoms with E-state index in [1.807, 2.05) is 11.4 Å². The third-order valence-electron chi connectivity index (χ3n) is 2.59. The lowest BCUT2D eigenvalue weighted by Crippen LogP contribution is -2.08. The summed E-state index contributed by atoms with van der Waals surface area (Å²) in [5, 5.41) is 10.6. The fourth-order valence-electron chi connectivity index (χ4n) is 1.70. The molecule has 1 aromatic heterocycles. The minimum atomic E-state index is -0.0939. The molecule has 0 spiro atoms. The average molecular weight is 252 g/mol. The maximum Gasteiger partial charge on any atom is 0.104 e. The highest BCUT2D eigenvalue weighted by Crippen LogP contribution is 2.17. The van der Waals surface area contributed by atoms with Crippen molar-refractivity contribution in [2.45, 2.75) is 13.0 Å². The lowest BCUT2D eigenvalue weighted by Gasteiger charge is -2.07. The molecule has 1 aliphatic heterocycles. The Balaban J connectivity index is 1.73. The SMILES string of the molecule is OCC#Cc1csc(COCC2CCOC2)c1. The molecule has 1 aromatic rings. The number of aliphatic hydroxyl groups excluding tert-OH is 1. The van der Waals surface area contributed by atoms with Gasteiger partial charge < -0.3 is 14.6 Å². The third kappa shape index (κ3) is 4.14. The van der Waals surface area contributed by atoms with Crippen LogP contribution in [0.1, 0.15) is 16.9 Å². The first-order valence-corrected chi connectivity index (χ1v) is 6.59. The molecule has 0 aliphatic carbocycles. The quantitative estimate of drug-likeness (QED) is 0.828. The maximum atomic E-state index is 8.59. The van der Waals surface area contributed by atoms with Crippen LogP contribution >= 0.6 is 11.3 Å². The van der Waals surface area contributed by atoms with E-state index in [2.05, 4.69) is 11.8 Å². The van der Waals surface area contributed by atoms with Gasteiger partial charge in [-0.1, -0.05) is 11.8 Å².